The van der Waals surface area contributed by atoms with E-state index in [4.69, 9.17) is 13.9 Å². The molecular formula is C21H40O4Si. The maximum absolute atomic E-state index is 10.6. The summed E-state index contributed by atoms with van der Waals surface area (Å²) in [4.78, 5) is 0. The zero-order valence-corrected chi connectivity index (χ0v) is 19.5. The van der Waals surface area contributed by atoms with Gasteiger partial charge in [-0.1, -0.05) is 46.0 Å². The lowest BCUT2D eigenvalue weighted by molar-refractivity contribution is -0.152. The molecule has 0 amide bonds. The lowest BCUT2D eigenvalue weighted by Gasteiger charge is -2.39. The highest BCUT2D eigenvalue weighted by molar-refractivity contribution is 6.74. The molecule has 4 nitrogen and oxygen atoms in total. The number of hydrogen-bond acceptors (Lipinski definition) is 4. The Morgan fingerprint density at radius 3 is 2.23 bits per heavy atom. The van der Waals surface area contributed by atoms with Crippen LogP contribution in [-0.2, 0) is 13.9 Å². The van der Waals surface area contributed by atoms with Gasteiger partial charge in [-0.15, -0.1) is 0 Å². The summed E-state index contributed by atoms with van der Waals surface area (Å²) in [5.41, 5.74) is 0. The van der Waals surface area contributed by atoms with E-state index in [1.54, 1.807) is 0 Å². The van der Waals surface area contributed by atoms with E-state index in [2.05, 4.69) is 66.5 Å². The first-order valence-electron chi connectivity index (χ1n) is 9.93. The van der Waals surface area contributed by atoms with Crippen molar-refractivity contribution in [2.45, 2.75) is 117 Å². The molecule has 1 aliphatic rings. The molecule has 1 saturated heterocycles. The summed E-state index contributed by atoms with van der Waals surface area (Å²) in [6.45, 7) is 21.2. The number of rotatable bonds is 6. The molecule has 1 rings (SSSR count). The molecule has 0 saturated carbocycles. The van der Waals surface area contributed by atoms with Gasteiger partial charge in [0, 0.05) is 5.92 Å². The van der Waals surface area contributed by atoms with E-state index in [-0.39, 0.29) is 23.2 Å². The highest BCUT2D eigenvalue weighted by Crippen LogP contribution is 2.38. The fourth-order valence-corrected chi connectivity index (χ4v) is 4.29. The van der Waals surface area contributed by atoms with Crippen LogP contribution in [0.25, 0.3) is 0 Å². The van der Waals surface area contributed by atoms with Crippen LogP contribution in [0.3, 0.4) is 0 Å². The highest BCUT2D eigenvalue weighted by Gasteiger charge is 2.44. The van der Waals surface area contributed by atoms with Crippen molar-refractivity contribution in [2.24, 2.45) is 5.92 Å². The molecule has 1 heterocycles. The first-order chi connectivity index (χ1) is 11.7. The van der Waals surface area contributed by atoms with E-state index in [1.807, 2.05) is 13.8 Å². The second kappa shape index (κ2) is 8.75. The van der Waals surface area contributed by atoms with Crippen molar-refractivity contribution in [3.63, 3.8) is 0 Å². The summed E-state index contributed by atoms with van der Waals surface area (Å²) >= 11 is 0. The predicted octanol–water partition coefficient (Wildman–Crippen LogP) is 4.72. The summed E-state index contributed by atoms with van der Waals surface area (Å²) in [7, 11) is -1.83. The van der Waals surface area contributed by atoms with Crippen molar-refractivity contribution in [1.29, 1.82) is 0 Å². The van der Waals surface area contributed by atoms with E-state index in [1.165, 1.54) is 0 Å². The van der Waals surface area contributed by atoms with Crippen molar-refractivity contribution in [3.05, 3.63) is 0 Å². The SMILES string of the molecule is CCC[C@@H]1OC(C)(C)O[C@@H]1C(O)C#C[C@@H](C)[C@H](C)O[Si](C)(C)C(C)(C)C. The standard InChI is InChI=1S/C21H40O4Si/c1-11-12-18-19(24-21(7,8)23-18)17(22)14-13-15(2)16(3)25-26(9,10)20(4,5)6/h15-19,22H,11-12H2,1-10H3/t15-,16+,17?,18+,19-/m1/s1. The van der Waals surface area contributed by atoms with Crippen LogP contribution in [0.2, 0.25) is 18.1 Å². The lowest BCUT2D eigenvalue weighted by atomic mass is 10.0. The van der Waals surface area contributed by atoms with Crippen molar-refractivity contribution in [3.8, 4) is 11.8 Å². The minimum atomic E-state index is -1.83. The highest BCUT2D eigenvalue weighted by atomic mass is 28.4. The predicted molar refractivity (Wildman–Crippen MR) is 109 cm³/mol. The van der Waals surface area contributed by atoms with Gasteiger partial charge in [-0.3, -0.25) is 0 Å². The van der Waals surface area contributed by atoms with E-state index < -0.39 is 26.3 Å². The zero-order chi connectivity index (χ0) is 20.3. The number of hydrogen-bond donors (Lipinski definition) is 1. The van der Waals surface area contributed by atoms with E-state index >= 15 is 0 Å². The number of aliphatic hydroxyl groups is 1. The summed E-state index contributed by atoms with van der Waals surface area (Å²) in [5.74, 6) is 5.55. The third-order valence-corrected chi connectivity index (χ3v) is 10.1. The van der Waals surface area contributed by atoms with Gasteiger partial charge in [-0.2, -0.15) is 0 Å². The molecule has 0 aromatic rings. The van der Waals surface area contributed by atoms with Gasteiger partial charge in [0.05, 0.1) is 12.2 Å². The Morgan fingerprint density at radius 1 is 1.15 bits per heavy atom. The molecule has 26 heavy (non-hydrogen) atoms. The van der Waals surface area contributed by atoms with Gasteiger partial charge in [0.25, 0.3) is 0 Å². The van der Waals surface area contributed by atoms with Gasteiger partial charge < -0.3 is 19.0 Å². The van der Waals surface area contributed by atoms with Crippen molar-refractivity contribution in [1.82, 2.24) is 0 Å². The minimum absolute atomic E-state index is 0.0271. The molecule has 0 spiro atoms. The van der Waals surface area contributed by atoms with Gasteiger partial charge in [0.15, 0.2) is 14.1 Å². The van der Waals surface area contributed by atoms with Gasteiger partial charge >= 0.3 is 0 Å². The Hall–Kier alpha value is -0.383. The van der Waals surface area contributed by atoms with Gasteiger partial charge in [-0.25, -0.2) is 0 Å². The van der Waals surface area contributed by atoms with Crippen LogP contribution >= 0.6 is 0 Å². The van der Waals surface area contributed by atoms with Gasteiger partial charge in [0.2, 0.25) is 0 Å². The second-order valence-electron chi connectivity index (χ2n) is 9.53. The van der Waals surface area contributed by atoms with Crippen LogP contribution < -0.4 is 0 Å². The van der Waals surface area contributed by atoms with Crippen LogP contribution in [0.15, 0.2) is 0 Å². The molecule has 0 aromatic heterocycles. The van der Waals surface area contributed by atoms with E-state index in [9.17, 15) is 5.11 Å². The molecular weight excluding hydrogens is 344 g/mol. The average molecular weight is 385 g/mol. The van der Waals surface area contributed by atoms with Crippen LogP contribution in [0, 0.1) is 17.8 Å². The largest absolute Gasteiger partial charge is 0.413 e. The van der Waals surface area contributed by atoms with Crippen molar-refractivity contribution >= 4 is 8.32 Å². The summed E-state index contributed by atoms with van der Waals surface area (Å²) in [6.07, 6.45) is 0.494. The summed E-state index contributed by atoms with van der Waals surface area (Å²) in [6, 6.07) is 0. The molecule has 1 aliphatic heterocycles. The van der Waals surface area contributed by atoms with Crippen LogP contribution in [-0.4, -0.2) is 43.6 Å². The van der Waals surface area contributed by atoms with Gasteiger partial charge in [0.1, 0.15) is 12.2 Å². The molecule has 5 atom stereocenters. The van der Waals surface area contributed by atoms with E-state index in [0.717, 1.165) is 12.8 Å². The Labute approximate surface area is 162 Å². The smallest absolute Gasteiger partial charge is 0.192 e. The Bertz CT molecular complexity index is 512. The third kappa shape index (κ3) is 6.35. The molecule has 5 heteroatoms. The average Bonchev–Trinajstić information content (AvgIpc) is 2.78. The first kappa shape index (κ1) is 23.7. The Morgan fingerprint density at radius 2 is 1.73 bits per heavy atom. The Kier molecular flexibility index (Phi) is 7.96. The third-order valence-electron chi connectivity index (χ3n) is 5.56. The van der Waals surface area contributed by atoms with Crippen molar-refractivity contribution in [2.75, 3.05) is 0 Å². The minimum Gasteiger partial charge on any atom is -0.413 e. The molecule has 1 N–H and O–H groups in total. The molecule has 0 aliphatic carbocycles. The number of aliphatic hydroxyl groups excluding tert-OH is 1. The summed E-state index contributed by atoms with van der Waals surface area (Å²) < 4.78 is 18.2. The van der Waals surface area contributed by atoms with Crippen molar-refractivity contribution < 1.29 is 19.0 Å². The maximum Gasteiger partial charge on any atom is 0.192 e. The molecule has 0 aromatic carbocycles. The second-order valence-corrected chi connectivity index (χ2v) is 14.3. The van der Waals surface area contributed by atoms with Crippen LogP contribution in [0.5, 0.6) is 0 Å². The lowest BCUT2D eigenvalue weighted by Crippen LogP contribution is -2.44. The molecule has 0 radical (unpaired) electrons. The topological polar surface area (TPSA) is 47.9 Å². The monoisotopic (exact) mass is 384 g/mol. The first-order valence-corrected chi connectivity index (χ1v) is 12.8. The van der Waals surface area contributed by atoms with Crippen LogP contribution in [0.1, 0.15) is 68.2 Å². The maximum atomic E-state index is 10.6. The normalized spacial score (nSPS) is 26.7. The van der Waals surface area contributed by atoms with Crippen LogP contribution in [0.4, 0.5) is 0 Å². The molecule has 152 valence electrons. The van der Waals surface area contributed by atoms with E-state index in [0.29, 0.717) is 0 Å². The fraction of sp³-hybridized carbons (Fsp3) is 0.905. The van der Waals surface area contributed by atoms with Gasteiger partial charge in [-0.05, 0) is 52.2 Å². The molecule has 1 unspecified atom stereocenters. The Balaban J connectivity index is 2.75. The molecule has 1 fully saturated rings. The fourth-order valence-electron chi connectivity index (χ4n) is 2.80. The number of ether oxygens (including phenoxy) is 2. The summed E-state index contributed by atoms with van der Waals surface area (Å²) in [5, 5.41) is 10.7. The zero-order valence-electron chi connectivity index (χ0n) is 18.5. The quantitative estimate of drug-likeness (QED) is 0.532. The molecule has 0 bridgehead atoms.